The number of carbonyl (C=O) groups excluding carboxylic acids is 2. The molecule has 3 aliphatic rings. The van der Waals surface area contributed by atoms with E-state index >= 15 is 0 Å². The van der Waals surface area contributed by atoms with Crippen molar-refractivity contribution in [2.45, 2.75) is 28.6 Å². The smallest absolute Gasteiger partial charge is 0.254 e. The van der Waals surface area contributed by atoms with Gasteiger partial charge in [-0.05, 0) is 52.3 Å². The number of nitriles is 1. The predicted molar refractivity (Wildman–Crippen MR) is 172 cm³/mol. The third-order valence-corrected chi connectivity index (χ3v) is 13.1. The average Bonchev–Trinajstić information content (AvgIpc) is 3.67. The van der Waals surface area contributed by atoms with Gasteiger partial charge in [-0.2, -0.15) is 9.57 Å². The number of sulfonamides is 1. The van der Waals surface area contributed by atoms with Crippen molar-refractivity contribution >= 4 is 49.0 Å². The fourth-order valence-electron chi connectivity index (χ4n) is 6.65. The zero-order valence-corrected chi connectivity index (χ0v) is 28.1. The second-order valence-electron chi connectivity index (χ2n) is 12.0. The molecule has 1 aliphatic carbocycles. The molecule has 2 saturated heterocycles. The van der Waals surface area contributed by atoms with Gasteiger partial charge in [-0.25, -0.2) is 18.4 Å². The van der Waals surface area contributed by atoms with E-state index in [9.17, 15) is 23.3 Å². The maximum atomic E-state index is 14.8. The molecule has 15 heteroatoms. The fraction of sp³-hybridized carbons (Fsp3) is 0.323. The van der Waals surface area contributed by atoms with Gasteiger partial charge in [0.15, 0.2) is 5.78 Å². The third-order valence-electron chi connectivity index (χ3n) is 9.18. The van der Waals surface area contributed by atoms with Gasteiger partial charge in [-0.15, -0.1) is 11.3 Å². The lowest BCUT2D eigenvalue weighted by Gasteiger charge is -2.28. The summed E-state index contributed by atoms with van der Waals surface area (Å²) in [6.45, 7) is 0.564. The molecule has 1 amide bonds. The number of imidazole rings is 2. The molecule has 7 rings (SSSR count). The van der Waals surface area contributed by atoms with Crippen LogP contribution in [0.1, 0.15) is 27.3 Å². The summed E-state index contributed by atoms with van der Waals surface area (Å²) in [4.78, 5) is 38.6. The lowest BCUT2D eigenvalue weighted by molar-refractivity contribution is -0.132. The summed E-state index contributed by atoms with van der Waals surface area (Å²) in [6.07, 6.45) is 8.85. The SMILES string of the molecule is Cn1cncc1CC1(Cc2cncn2C)NC(=CC(=O)c2ccc(C#N)cc2)N([C@H]2[C@@H]3CN(S(=O)(=O)c4ccc(Br)s4)C[C@@H]32)C1=O. The van der Waals surface area contributed by atoms with Crippen LogP contribution in [-0.2, 0) is 41.8 Å². The first-order valence-electron chi connectivity index (χ1n) is 14.5. The largest absolute Gasteiger partial charge is 0.356 e. The number of allylic oxidation sites excluding steroid dienone is 1. The molecule has 4 aromatic rings. The minimum Gasteiger partial charge on any atom is -0.356 e. The monoisotopic (exact) mass is 720 g/mol. The highest BCUT2D eigenvalue weighted by Crippen LogP contribution is 2.53. The Morgan fingerprint density at radius 2 is 1.67 bits per heavy atom. The Morgan fingerprint density at radius 3 is 2.17 bits per heavy atom. The number of nitrogens with one attached hydrogen (secondary N) is 1. The van der Waals surface area contributed by atoms with Gasteiger partial charge in [0.25, 0.3) is 15.9 Å². The maximum absolute atomic E-state index is 14.8. The lowest BCUT2D eigenvalue weighted by Crippen LogP contribution is -2.51. The summed E-state index contributed by atoms with van der Waals surface area (Å²) < 4.78 is 33.0. The lowest BCUT2D eigenvalue weighted by atomic mass is 9.88. The first-order valence-corrected chi connectivity index (χ1v) is 17.6. The van der Waals surface area contributed by atoms with Gasteiger partial charge in [-0.1, -0.05) is 0 Å². The molecule has 1 saturated carbocycles. The van der Waals surface area contributed by atoms with Gasteiger partial charge in [0.2, 0.25) is 0 Å². The number of carbonyl (C=O) groups is 2. The highest BCUT2D eigenvalue weighted by atomic mass is 79.9. The molecule has 0 radical (unpaired) electrons. The fourth-order valence-corrected chi connectivity index (χ4v) is 10.3. The molecular weight excluding hydrogens is 692 g/mol. The van der Waals surface area contributed by atoms with Crippen LogP contribution in [0.5, 0.6) is 0 Å². The molecule has 12 nitrogen and oxygen atoms in total. The summed E-state index contributed by atoms with van der Waals surface area (Å²) in [5.74, 6) is -0.299. The number of rotatable bonds is 9. The van der Waals surface area contributed by atoms with Crippen molar-refractivity contribution in [1.82, 2.24) is 33.6 Å². The van der Waals surface area contributed by atoms with Gasteiger partial charge in [0.05, 0.1) is 28.1 Å². The van der Waals surface area contributed by atoms with E-state index in [4.69, 9.17) is 0 Å². The Kier molecular flexibility index (Phi) is 7.51. The highest BCUT2D eigenvalue weighted by molar-refractivity contribution is 9.11. The standard InChI is InChI=1S/C31H29BrN8O4S2/c1-37-17-34-13-21(37)10-31(11-22-14-35-18-38(22)2)30(42)40(27(36-31)9-25(41)20-5-3-19(12-33)4-6-20)29-23-15-39(16-24(23)29)46(43,44)28-8-7-26(32)45-28/h3-9,13-14,17-18,23-24,29,36H,10-11,15-16H2,1-2H3/t23-,24+,29+. The number of aryl methyl sites for hydroxylation is 2. The Bertz CT molecular complexity index is 1990. The number of benzene rings is 1. The Balaban J connectivity index is 1.24. The van der Waals surface area contributed by atoms with E-state index in [1.165, 1.54) is 21.7 Å². The summed E-state index contributed by atoms with van der Waals surface area (Å²) >= 11 is 4.52. The number of ketones is 1. The number of piperidine rings is 1. The highest BCUT2D eigenvalue weighted by Gasteiger charge is 2.65. The molecule has 46 heavy (non-hydrogen) atoms. The van der Waals surface area contributed by atoms with Crippen molar-refractivity contribution < 1.29 is 18.0 Å². The number of amides is 1. The van der Waals surface area contributed by atoms with Crippen molar-refractivity contribution in [2.24, 2.45) is 25.9 Å². The van der Waals surface area contributed by atoms with E-state index in [2.05, 4.69) is 37.3 Å². The normalized spacial score (nSPS) is 23.0. The van der Waals surface area contributed by atoms with Crippen molar-refractivity contribution in [3.05, 3.63) is 99.6 Å². The topological polar surface area (TPSA) is 146 Å². The number of thiophene rings is 1. The van der Waals surface area contributed by atoms with Crippen LogP contribution in [-0.4, -0.2) is 73.1 Å². The molecule has 3 fully saturated rings. The average molecular weight is 722 g/mol. The molecule has 1 aromatic carbocycles. The zero-order valence-electron chi connectivity index (χ0n) is 24.9. The summed E-state index contributed by atoms with van der Waals surface area (Å²) in [7, 11) is 0.0755. The van der Waals surface area contributed by atoms with Gasteiger partial charge in [0.1, 0.15) is 15.6 Å². The van der Waals surface area contributed by atoms with Crippen LogP contribution in [0.3, 0.4) is 0 Å². The van der Waals surface area contributed by atoms with Crippen LogP contribution in [0, 0.1) is 23.2 Å². The minimum absolute atomic E-state index is 0.0819. The predicted octanol–water partition coefficient (Wildman–Crippen LogP) is 2.85. The van der Waals surface area contributed by atoms with Crippen LogP contribution in [0.2, 0.25) is 0 Å². The molecule has 0 spiro atoms. The minimum atomic E-state index is -3.66. The third kappa shape index (κ3) is 5.19. The molecule has 0 bridgehead atoms. The van der Waals surface area contributed by atoms with Crippen molar-refractivity contribution in [3.8, 4) is 6.07 Å². The van der Waals surface area contributed by atoms with E-state index in [0.29, 0.717) is 29.8 Å². The van der Waals surface area contributed by atoms with Gasteiger partial charge >= 0.3 is 0 Å². The molecule has 2 aliphatic heterocycles. The van der Waals surface area contributed by atoms with E-state index in [1.807, 2.05) is 23.2 Å². The van der Waals surface area contributed by atoms with Crippen molar-refractivity contribution in [2.75, 3.05) is 13.1 Å². The van der Waals surface area contributed by atoms with E-state index in [1.54, 1.807) is 66.3 Å². The number of halogens is 1. The summed E-state index contributed by atoms with van der Waals surface area (Å²) in [5, 5.41) is 12.7. The second kappa shape index (κ2) is 11.3. The number of hydrogen-bond donors (Lipinski definition) is 1. The summed E-state index contributed by atoms with van der Waals surface area (Å²) in [6, 6.07) is 11.4. The van der Waals surface area contributed by atoms with Gasteiger partial charge < -0.3 is 14.5 Å². The van der Waals surface area contributed by atoms with E-state index in [0.717, 1.165) is 15.2 Å². The number of hydrogen-bond acceptors (Lipinski definition) is 9. The first kappa shape index (κ1) is 30.5. The van der Waals surface area contributed by atoms with Crippen LogP contribution in [0.15, 0.2) is 81.3 Å². The van der Waals surface area contributed by atoms with Gasteiger partial charge in [-0.3, -0.25) is 14.5 Å². The first-order chi connectivity index (χ1) is 22.0. The van der Waals surface area contributed by atoms with Gasteiger partial charge in [0, 0.05) is 93.3 Å². The second-order valence-corrected chi connectivity index (χ2v) is 16.6. The Labute approximate surface area is 278 Å². The molecule has 3 aromatic heterocycles. The molecule has 236 valence electrons. The summed E-state index contributed by atoms with van der Waals surface area (Å²) in [5.41, 5.74) is 1.32. The number of fused-ring (bicyclic) bond motifs is 1. The molecule has 1 N–H and O–H groups in total. The van der Waals surface area contributed by atoms with Crippen LogP contribution in [0.25, 0.3) is 0 Å². The Hall–Kier alpha value is -4.10. The van der Waals surface area contributed by atoms with Crippen LogP contribution < -0.4 is 5.32 Å². The van der Waals surface area contributed by atoms with Crippen molar-refractivity contribution in [3.63, 3.8) is 0 Å². The van der Waals surface area contributed by atoms with E-state index in [-0.39, 0.29) is 46.9 Å². The quantitative estimate of drug-likeness (QED) is 0.205. The van der Waals surface area contributed by atoms with E-state index < -0.39 is 15.6 Å². The maximum Gasteiger partial charge on any atom is 0.254 e. The molecule has 5 heterocycles. The molecular formula is C31H29BrN8O4S2. The number of nitrogens with zero attached hydrogens (tertiary/aromatic N) is 7. The molecule has 3 atom stereocenters. The zero-order chi connectivity index (χ0) is 32.4. The van der Waals surface area contributed by atoms with Crippen molar-refractivity contribution in [1.29, 1.82) is 5.26 Å². The van der Waals surface area contributed by atoms with Crippen LogP contribution >= 0.6 is 27.3 Å². The van der Waals surface area contributed by atoms with Crippen LogP contribution in [0.4, 0.5) is 0 Å². The number of aromatic nitrogens is 4. The molecule has 0 unspecified atom stereocenters. The Morgan fingerprint density at radius 1 is 1.07 bits per heavy atom.